The summed E-state index contributed by atoms with van der Waals surface area (Å²) in [6.45, 7) is 0.138. The van der Waals surface area contributed by atoms with E-state index in [0.717, 1.165) is 0 Å². The Hall–Kier alpha value is -3.34. The quantitative estimate of drug-likeness (QED) is 0.313. The molecule has 3 rings (SSSR count). The number of nitro benzene ring substituents is 1. The second kappa shape index (κ2) is 9.86. The molecule has 166 valence electrons. The molecule has 0 aliphatic carbocycles. The summed E-state index contributed by atoms with van der Waals surface area (Å²) in [6, 6.07) is 15.2. The van der Waals surface area contributed by atoms with Crippen LogP contribution in [0.3, 0.4) is 0 Å². The van der Waals surface area contributed by atoms with E-state index < -0.39 is 21.0 Å². The fourth-order valence-corrected chi connectivity index (χ4v) is 3.93. The second-order valence-corrected chi connectivity index (χ2v) is 8.99. The van der Waals surface area contributed by atoms with Crippen molar-refractivity contribution in [2.24, 2.45) is 0 Å². The number of non-ortho nitro benzene ring substituents is 1. The van der Waals surface area contributed by atoms with E-state index in [0.29, 0.717) is 16.3 Å². The maximum Gasteiger partial charge on any atom is 0.319 e. The summed E-state index contributed by atoms with van der Waals surface area (Å²) in [5.74, 6) is 0. The van der Waals surface area contributed by atoms with Crippen LogP contribution in [0.25, 0.3) is 0 Å². The van der Waals surface area contributed by atoms with E-state index in [2.05, 4.69) is 15.4 Å². The molecule has 0 spiro atoms. The predicted octanol–water partition coefficient (Wildman–Crippen LogP) is 5.02. The highest BCUT2D eigenvalue weighted by Crippen LogP contribution is 2.26. The predicted molar refractivity (Wildman–Crippen MR) is 123 cm³/mol. The topological polar surface area (TPSA) is 130 Å². The van der Waals surface area contributed by atoms with E-state index in [9.17, 15) is 23.3 Å². The average Bonchev–Trinajstić information content (AvgIpc) is 2.75. The summed E-state index contributed by atoms with van der Waals surface area (Å²) in [6.07, 6.45) is 0. The van der Waals surface area contributed by atoms with E-state index in [1.807, 2.05) is 0 Å². The van der Waals surface area contributed by atoms with Gasteiger partial charge in [0.1, 0.15) is 0 Å². The number of halogens is 2. The number of amides is 2. The maximum atomic E-state index is 12.5. The van der Waals surface area contributed by atoms with E-state index >= 15 is 0 Å². The minimum Gasteiger partial charge on any atom is -0.334 e. The van der Waals surface area contributed by atoms with Gasteiger partial charge < -0.3 is 10.6 Å². The average molecular weight is 495 g/mol. The van der Waals surface area contributed by atoms with E-state index in [1.54, 1.807) is 12.1 Å². The first-order valence-electron chi connectivity index (χ1n) is 9.00. The van der Waals surface area contributed by atoms with Crippen LogP contribution in [0.1, 0.15) is 5.56 Å². The van der Waals surface area contributed by atoms with Crippen LogP contribution in [0, 0.1) is 10.1 Å². The molecule has 32 heavy (non-hydrogen) atoms. The molecule has 0 bridgehead atoms. The number of nitrogens with zero attached hydrogens (tertiary/aromatic N) is 1. The summed E-state index contributed by atoms with van der Waals surface area (Å²) >= 11 is 11.7. The first-order valence-corrected chi connectivity index (χ1v) is 11.2. The molecule has 0 radical (unpaired) electrons. The lowest BCUT2D eigenvalue weighted by Gasteiger charge is -2.10. The number of sulfonamides is 1. The SMILES string of the molecule is O=C(NCc1ccc(S(=O)(=O)Nc2ccc(Cl)c(Cl)c2)cc1)Nc1ccc([N+](=O)[O-])cc1. The third-order valence-corrected chi connectivity index (χ3v) is 6.33. The third-order valence-electron chi connectivity index (χ3n) is 4.19. The van der Waals surface area contributed by atoms with Gasteiger partial charge in [-0.25, -0.2) is 13.2 Å². The molecule has 0 atom stereocenters. The first kappa shape index (κ1) is 23.3. The standard InChI is InChI=1S/C20H16Cl2N4O5S/c21-18-10-5-15(11-19(18)22)25-32(30,31)17-8-1-13(2-9-17)12-23-20(27)24-14-3-6-16(7-4-14)26(28)29/h1-11,25H,12H2,(H2,23,24,27). The van der Waals surface area contributed by atoms with Crippen molar-refractivity contribution in [3.05, 3.63) is 92.5 Å². The molecular formula is C20H16Cl2N4O5S. The molecule has 0 saturated carbocycles. The van der Waals surface area contributed by atoms with E-state index in [-0.39, 0.29) is 27.8 Å². The Balaban J connectivity index is 1.57. The lowest BCUT2D eigenvalue weighted by atomic mass is 10.2. The van der Waals surface area contributed by atoms with Crippen LogP contribution in [0.15, 0.2) is 71.6 Å². The summed E-state index contributed by atoms with van der Waals surface area (Å²) in [7, 11) is -3.84. The smallest absolute Gasteiger partial charge is 0.319 e. The number of nitro groups is 1. The molecule has 9 nitrogen and oxygen atoms in total. The van der Waals surface area contributed by atoms with Gasteiger partial charge in [0.05, 0.1) is 25.6 Å². The van der Waals surface area contributed by atoms with Gasteiger partial charge in [-0.1, -0.05) is 35.3 Å². The van der Waals surface area contributed by atoms with Gasteiger partial charge in [0.2, 0.25) is 0 Å². The van der Waals surface area contributed by atoms with Crippen molar-refractivity contribution in [2.75, 3.05) is 10.0 Å². The molecule has 3 aromatic carbocycles. The number of anilines is 2. The minimum atomic E-state index is -3.84. The zero-order valence-electron chi connectivity index (χ0n) is 16.2. The Bertz CT molecular complexity index is 1250. The van der Waals surface area contributed by atoms with Crippen LogP contribution in [0.2, 0.25) is 10.0 Å². The minimum absolute atomic E-state index is 0.0302. The summed E-state index contributed by atoms with van der Waals surface area (Å²) in [5, 5.41) is 16.4. The highest BCUT2D eigenvalue weighted by Gasteiger charge is 2.15. The Morgan fingerprint density at radius 2 is 1.53 bits per heavy atom. The third kappa shape index (κ3) is 6.10. The van der Waals surface area contributed by atoms with Gasteiger partial charge >= 0.3 is 6.03 Å². The molecule has 0 aromatic heterocycles. The highest BCUT2D eigenvalue weighted by molar-refractivity contribution is 7.92. The monoisotopic (exact) mass is 494 g/mol. The Labute approximate surface area is 193 Å². The van der Waals surface area contributed by atoms with Crippen molar-refractivity contribution < 1.29 is 18.1 Å². The fourth-order valence-electron chi connectivity index (χ4n) is 2.58. The molecule has 12 heteroatoms. The molecule has 2 amide bonds. The molecule has 0 saturated heterocycles. The van der Waals surface area contributed by atoms with Crippen molar-refractivity contribution in [1.82, 2.24) is 5.32 Å². The summed E-state index contributed by atoms with van der Waals surface area (Å²) in [4.78, 5) is 22.2. The maximum absolute atomic E-state index is 12.5. The van der Waals surface area contributed by atoms with Gasteiger partial charge in [-0.3, -0.25) is 14.8 Å². The van der Waals surface area contributed by atoms with Crippen molar-refractivity contribution in [3.63, 3.8) is 0 Å². The van der Waals surface area contributed by atoms with E-state index in [4.69, 9.17) is 23.2 Å². The van der Waals surface area contributed by atoms with Gasteiger partial charge in [0.25, 0.3) is 15.7 Å². The van der Waals surface area contributed by atoms with Crippen molar-refractivity contribution in [1.29, 1.82) is 0 Å². The number of benzene rings is 3. The summed E-state index contributed by atoms with van der Waals surface area (Å²) < 4.78 is 27.5. The van der Waals surface area contributed by atoms with Gasteiger partial charge in [-0.05, 0) is 48.0 Å². The molecule has 0 heterocycles. The molecule has 3 N–H and O–H groups in total. The zero-order valence-corrected chi connectivity index (χ0v) is 18.5. The van der Waals surface area contributed by atoms with E-state index in [1.165, 1.54) is 54.6 Å². The van der Waals surface area contributed by atoms with Crippen LogP contribution in [-0.2, 0) is 16.6 Å². The fraction of sp³-hybridized carbons (Fsp3) is 0.0500. The number of urea groups is 1. The van der Waals surface area contributed by atoms with Crippen molar-refractivity contribution in [3.8, 4) is 0 Å². The van der Waals surface area contributed by atoms with Crippen LogP contribution in [-0.4, -0.2) is 19.4 Å². The normalized spacial score (nSPS) is 10.9. The number of nitrogens with one attached hydrogen (secondary N) is 3. The Morgan fingerprint density at radius 3 is 2.12 bits per heavy atom. The molecule has 0 aliphatic heterocycles. The number of rotatable bonds is 7. The molecule has 3 aromatic rings. The lowest BCUT2D eigenvalue weighted by Crippen LogP contribution is -2.28. The molecule has 0 fully saturated rings. The Kier molecular flexibility index (Phi) is 7.18. The van der Waals surface area contributed by atoms with Crippen LogP contribution in [0.5, 0.6) is 0 Å². The second-order valence-electron chi connectivity index (χ2n) is 6.49. The van der Waals surface area contributed by atoms with Crippen LogP contribution >= 0.6 is 23.2 Å². The number of hydrogen-bond donors (Lipinski definition) is 3. The molecule has 0 unspecified atom stereocenters. The first-order chi connectivity index (χ1) is 15.1. The Morgan fingerprint density at radius 1 is 0.906 bits per heavy atom. The lowest BCUT2D eigenvalue weighted by molar-refractivity contribution is -0.384. The highest BCUT2D eigenvalue weighted by atomic mass is 35.5. The van der Waals surface area contributed by atoms with Gasteiger partial charge in [-0.2, -0.15) is 0 Å². The van der Waals surface area contributed by atoms with Crippen molar-refractivity contribution in [2.45, 2.75) is 11.4 Å². The van der Waals surface area contributed by atoms with Crippen LogP contribution in [0.4, 0.5) is 21.9 Å². The van der Waals surface area contributed by atoms with Gasteiger partial charge in [-0.15, -0.1) is 0 Å². The number of carbonyl (C=O) groups excluding carboxylic acids is 1. The molecular weight excluding hydrogens is 479 g/mol. The summed E-state index contributed by atoms with van der Waals surface area (Å²) in [5.41, 5.74) is 1.24. The number of carbonyl (C=O) groups is 1. The van der Waals surface area contributed by atoms with Gasteiger partial charge in [0.15, 0.2) is 0 Å². The largest absolute Gasteiger partial charge is 0.334 e. The molecule has 0 aliphatic rings. The number of hydrogen-bond acceptors (Lipinski definition) is 5. The zero-order chi connectivity index (χ0) is 23.3. The van der Waals surface area contributed by atoms with Crippen LogP contribution < -0.4 is 15.4 Å². The van der Waals surface area contributed by atoms with Crippen molar-refractivity contribution >= 4 is 56.3 Å². The van der Waals surface area contributed by atoms with Gasteiger partial charge in [0, 0.05) is 24.4 Å².